The molecule has 0 aliphatic carbocycles. The number of rotatable bonds is 10. The lowest BCUT2D eigenvalue weighted by atomic mass is 9.95. The quantitative estimate of drug-likeness (QED) is 0.458. The summed E-state index contributed by atoms with van der Waals surface area (Å²) in [6.07, 6.45) is 0.923. The van der Waals surface area contributed by atoms with E-state index in [-0.39, 0.29) is 12.7 Å². The van der Waals surface area contributed by atoms with Gasteiger partial charge in [0.15, 0.2) is 11.5 Å². The van der Waals surface area contributed by atoms with Gasteiger partial charge in [0.05, 0.1) is 38.0 Å². The lowest BCUT2D eigenvalue weighted by Gasteiger charge is -2.28. The standard InChI is InChI=1S/C21H30N2O6/c1-6-9-28-16-8-7-15(12-17(16)26-5)19-18(14(4)22-21(25)23-19)20(24)29-11-10-27-13(2)3/h7-8,12-13,19H,6,9-11H2,1-5H3,(H2,22,23,25)/t19-/m0/s1. The zero-order chi connectivity index (χ0) is 21.4. The largest absolute Gasteiger partial charge is 0.493 e. The van der Waals surface area contributed by atoms with Crippen LogP contribution in [0, 0.1) is 0 Å². The van der Waals surface area contributed by atoms with Crippen LogP contribution in [0.15, 0.2) is 29.5 Å². The number of carbonyl (C=O) groups excluding carboxylic acids is 2. The summed E-state index contributed by atoms with van der Waals surface area (Å²) in [6.45, 7) is 8.50. The summed E-state index contributed by atoms with van der Waals surface area (Å²) >= 11 is 0. The second-order valence-electron chi connectivity index (χ2n) is 6.88. The van der Waals surface area contributed by atoms with E-state index in [0.29, 0.717) is 41.5 Å². The van der Waals surface area contributed by atoms with Crippen molar-refractivity contribution in [1.29, 1.82) is 0 Å². The molecule has 0 fully saturated rings. The highest BCUT2D eigenvalue weighted by Crippen LogP contribution is 2.34. The fourth-order valence-corrected chi connectivity index (χ4v) is 2.91. The molecule has 2 rings (SSSR count). The fourth-order valence-electron chi connectivity index (χ4n) is 2.91. The average Bonchev–Trinajstić information content (AvgIpc) is 2.68. The smallest absolute Gasteiger partial charge is 0.338 e. The van der Waals surface area contributed by atoms with Crippen LogP contribution in [0.2, 0.25) is 0 Å². The Labute approximate surface area is 171 Å². The van der Waals surface area contributed by atoms with E-state index in [4.69, 9.17) is 18.9 Å². The van der Waals surface area contributed by atoms with Crippen molar-refractivity contribution in [2.45, 2.75) is 46.3 Å². The summed E-state index contributed by atoms with van der Waals surface area (Å²) in [4.78, 5) is 24.8. The second kappa shape index (κ2) is 10.7. The van der Waals surface area contributed by atoms with Crippen LogP contribution in [0.5, 0.6) is 11.5 Å². The molecule has 8 heteroatoms. The third kappa shape index (κ3) is 6.12. The number of carbonyl (C=O) groups is 2. The van der Waals surface area contributed by atoms with Crippen molar-refractivity contribution >= 4 is 12.0 Å². The van der Waals surface area contributed by atoms with E-state index in [9.17, 15) is 9.59 Å². The van der Waals surface area contributed by atoms with E-state index >= 15 is 0 Å². The summed E-state index contributed by atoms with van der Waals surface area (Å²) in [5.74, 6) is 0.617. The Balaban J connectivity index is 2.25. The normalized spacial score (nSPS) is 16.3. The summed E-state index contributed by atoms with van der Waals surface area (Å²) in [7, 11) is 1.55. The first-order valence-corrected chi connectivity index (χ1v) is 9.75. The summed E-state index contributed by atoms with van der Waals surface area (Å²) in [5.41, 5.74) is 1.46. The topological polar surface area (TPSA) is 95.1 Å². The van der Waals surface area contributed by atoms with Gasteiger partial charge in [0.25, 0.3) is 0 Å². The van der Waals surface area contributed by atoms with Crippen LogP contribution < -0.4 is 20.1 Å². The number of esters is 1. The zero-order valence-electron chi connectivity index (χ0n) is 17.7. The Morgan fingerprint density at radius 2 is 1.93 bits per heavy atom. The van der Waals surface area contributed by atoms with Gasteiger partial charge in [0, 0.05) is 5.70 Å². The predicted octanol–water partition coefficient (Wildman–Crippen LogP) is 3.08. The molecule has 29 heavy (non-hydrogen) atoms. The summed E-state index contributed by atoms with van der Waals surface area (Å²) in [5, 5.41) is 5.41. The van der Waals surface area contributed by atoms with Crippen LogP contribution in [-0.2, 0) is 14.3 Å². The van der Waals surface area contributed by atoms with Gasteiger partial charge in [-0.25, -0.2) is 9.59 Å². The minimum atomic E-state index is -0.670. The van der Waals surface area contributed by atoms with Crippen molar-refractivity contribution in [2.24, 2.45) is 0 Å². The lowest BCUT2D eigenvalue weighted by molar-refractivity contribution is -0.141. The molecule has 0 saturated heterocycles. The highest BCUT2D eigenvalue weighted by Gasteiger charge is 2.32. The van der Waals surface area contributed by atoms with Crippen LogP contribution in [0.3, 0.4) is 0 Å². The van der Waals surface area contributed by atoms with E-state index < -0.39 is 18.0 Å². The van der Waals surface area contributed by atoms with Crippen molar-refractivity contribution in [3.05, 3.63) is 35.0 Å². The number of allylic oxidation sites excluding steroid dienone is 1. The van der Waals surface area contributed by atoms with Crippen molar-refractivity contribution < 1.29 is 28.5 Å². The molecule has 2 amide bonds. The Morgan fingerprint density at radius 3 is 2.59 bits per heavy atom. The number of ether oxygens (including phenoxy) is 4. The predicted molar refractivity (Wildman–Crippen MR) is 108 cm³/mol. The number of amides is 2. The zero-order valence-corrected chi connectivity index (χ0v) is 17.7. The number of benzene rings is 1. The van der Waals surface area contributed by atoms with Crippen LogP contribution in [0.4, 0.5) is 4.79 Å². The Hall–Kier alpha value is -2.74. The molecule has 0 unspecified atom stereocenters. The first kappa shape index (κ1) is 22.5. The molecule has 2 N–H and O–H groups in total. The molecular formula is C21H30N2O6. The number of hydrogen-bond donors (Lipinski definition) is 2. The molecule has 0 bridgehead atoms. The van der Waals surface area contributed by atoms with Gasteiger partial charge in [-0.05, 0) is 44.9 Å². The molecule has 1 aliphatic rings. The first-order valence-electron chi connectivity index (χ1n) is 9.75. The van der Waals surface area contributed by atoms with Crippen LogP contribution in [-0.4, -0.2) is 45.0 Å². The minimum Gasteiger partial charge on any atom is -0.493 e. The van der Waals surface area contributed by atoms with Crippen LogP contribution >= 0.6 is 0 Å². The van der Waals surface area contributed by atoms with Crippen LogP contribution in [0.25, 0.3) is 0 Å². The van der Waals surface area contributed by atoms with Crippen molar-refractivity contribution in [1.82, 2.24) is 10.6 Å². The Morgan fingerprint density at radius 1 is 1.17 bits per heavy atom. The van der Waals surface area contributed by atoms with E-state index in [2.05, 4.69) is 10.6 Å². The molecule has 0 aromatic heterocycles. The van der Waals surface area contributed by atoms with Gasteiger partial charge in [0.2, 0.25) is 0 Å². The van der Waals surface area contributed by atoms with E-state index in [1.807, 2.05) is 20.8 Å². The molecule has 0 radical (unpaired) electrons. The molecule has 8 nitrogen and oxygen atoms in total. The van der Waals surface area contributed by atoms with Gasteiger partial charge in [-0.3, -0.25) is 0 Å². The first-order chi connectivity index (χ1) is 13.9. The van der Waals surface area contributed by atoms with Crippen molar-refractivity contribution in [2.75, 3.05) is 26.9 Å². The van der Waals surface area contributed by atoms with Gasteiger partial charge < -0.3 is 29.6 Å². The maximum atomic E-state index is 12.7. The summed E-state index contributed by atoms with van der Waals surface area (Å²) in [6, 6.07) is 4.26. The maximum Gasteiger partial charge on any atom is 0.338 e. The van der Waals surface area contributed by atoms with Gasteiger partial charge in [0.1, 0.15) is 6.61 Å². The molecule has 1 aromatic carbocycles. The third-order valence-corrected chi connectivity index (χ3v) is 4.24. The highest BCUT2D eigenvalue weighted by molar-refractivity contribution is 5.95. The van der Waals surface area contributed by atoms with Gasteiger partial charge in [-0.2, -0.15) is 0 Å². The highest BCUT2D eigenvalue weighted by atomic mass is 16.6. The van der Waals surface area contributed by atoms with Gasteiger partial charge in [-0.1, -0.05) is 13.0 Å². The number of hydrogen-bond acceptors (Lipinski definition) is 6. The number of nitrogens with one attached hydrogen (secondary N) is 2. The summed E-state index contributed by atoms with van der Waals surface area (Å²) < 4.78 is 21.9. The average molecular weight is 406 g/mol. The molecular weight excluding hydrogens is 376 g/mol. The SMILES string of the molecule is CCCOc1ccc([C@@H]2NC(=O)NC(C)=C2C(=O)OCCOC(C)C)cc1OC. The lowest BCUT2D eigenvalue weighted by Crippen LogP contribution is -2.45. The van der Waals surface area contributed by atoms with E-state index in [0.717, 1.165) is 6.42 Å². The molecule has 0 spiro atoms. The van der Waals surface area contributed by atoms with E-state index in [1.54, 1.807) is 32.2 Å². The van der Waals surface area contributed by atoms with E-state index in [1.165, 1.54) is 0 Å². The molecule has 0 saturated carbocycles. The van der Waals surface area contributed by atoms with Gasteiger partial charge in [-0.15, -0.1) is 0 Å². The minimum absolute atomic E-state index is 0.0546. The number of methoxy groups -OCH3 is 1. The molecule has 160 valence electrons. The molecule has 1 atom stereocenters. The molecule has 1 heterocycles. The Bertz CT molecular complexity index is 760. The maximum absolute atomic E-state index is 12.7. The van der Waals surface area contributed by atoms with Crippen molar-refractivity contribution in [3.63, 3.8) is 0 Å². The third-order valence-electron chi connectivity index (χ3n) is 4.24. The monoisotopic (exact) mass is 406 g/mol. The molecule has 1 aliphatic heterocycles. The molecule has 1 aromatic rings. The number of urea groups is 1. The fraction of sp³-hybridized carbons (Fsp3) is 0.524. The second-order valence-corrected chi connectivity index (χ2v) is 6.88. The van der Waals surface area contributed by atoms with Gasteiger partial charge >= 0.3 is 12.0 Å². The Kier molecular flexibility index (Phi) is 8.33. The van der Waals surface area contributed by atoms with Crippen molar-refractivity contribution in [3.8, 4) is 11.5 Å². The van der Waals surface area contributed by atoms with Crippen LogP contribution in [0.1, 0.15) is 45.7 Å².